The number of urea groups is 1. The molecule has 0 bridgehead atoms. The fraction of sp³-hybridized carbons (Fsp3) is 0.318. The molecule has 1 unspecified atom stereocenters. The molecule has 33 heavy (non-hydrogen) atoms. The average Bonchev–Trinajstić information content (AvgIpc) is 2.78. The minimum atomic E-state index is -4.36. The molecule has 11 heteroatoms. The molecule has 1 atom stereocenters. The highest BCUT2D eigenvalue weighted by molar-refractivity contribution is 8.04. The zero-order valence-corrected chi connectivity index (χ0v) is 20.2. The number of amides is 2. The van der Waals surface area contributed by atoms with E-state index in [1.54, 1.807) is 37.5 Å². The van der Waals surface area contributed by atoms with Crippen molar-refractivity contribution in [3.63, 3.8) is 0 Å². The van der Waals surface area contributed by atoms with Crippen LogP contribution in [0.25, 0.3) is 11.1 Å². The Balaban J connectivity index is 2.06. The van der Waals surface area contributed by atoms with Crippen molar-refractivity contribution in [1.29, 1.82) is 0 Å². The van der Waals surface area contributed by atoms with E-state index in [0.29, 0.717) is 23.5 Å². The van der Waals surface area contributed by atoms with E-state index in [1.807, 2.05) is 12.1 Å². The van der Waals surface area contributed by atoms with Gasteiger partial charge in [0.1, 0.15) is 17.6 Å². The van der Waals surface area contributed by atoms with Gasteiger partial charge in [-0.1, -0.05) is 18.2 Å². The van der Waals surface area contributed by atoms with E-state index < -0.39 is 43.7 Å². The van der Waals surface area contributed by atoms with Gasteiger partial charge >= 0.3 is 6.03 Å². The lowest BCUT2D eigenvalue weighted by atomic mass is 9.90. The van der Waals surface area contributed by atoms with Gasteiger partial charge in [0.2, 0.25) is 0 Å². The van der Waals surface area contributed by atoms with Crippen molar-refractivity contribution in [2.24, 2.45) is 0 Å². The Morgan fingerprint density at radius 3 is 2.39 bits per heavy atom. The Morgan fingerprint density at radius 1 is 1.15 bits per heavy atom. The highest BCUT2D eigenvalue weighted by Crippen LogP contribution is 2.48. The van der Waals surface area contributed by atoms with Crippen LogP contribution in [0.5, 0.6) is 11.5 Å². The van der Waals surface area contributed by atoms with Crippen molar-refractivity contribution in [1.82, 2.24) is 3.71 Å². The summed E-state index contributed by atoms with van der Waals surface area (Å²) in [6.45, 7) is 6.30. The van der Waals surface area contributed by atoms with Crippen molar-refractivity contribution in [2.45, 2.75) is 26.4 Å². The molecular formula is C22H26N2O7S2. The predicted octanol–water partition coefficient (Wildman–Crippen LogP) is 3.91. The minimum absolute atomic E-state index is 0.0739. The van der Waals surface area contributed by atoms with E-state index >= 15 is 0 Å². The van der Waals surface area contributed by atoms with Crippen molar-refractivity contribution >= 4 is 31.8 Å². The molecule has 1 aliphatic heterocycles. The van der Waals surface area contributed by atoms with Crippen LogP contribution in [0, 0.1) is 0 Å². The molecule has 0 fully saturated rings. The molecule has 0 saturated heterocycles. The Labute approximate surface area is 194 Å². The topological polar surface area (TPSA) is 119 Å². The Morgan fingerprint density at radius 2 is 1.82 bits per heavy atom. The third-order valence-electron chi connectivity index (χ3n) is 5.18. The molecule has 0 aromatic heterocycles. The molecule has 9 nitrogen and oxygen atoms in total. The van der Waals surface area contributed by atoms with Crippen LogP contribution in [-0.2, 0) is 20.0 Å². The lowest BCUT2D eigenvalue weighted by molar-refractivity contribution is 0.205. The molecule has 1 aliphatic rings. The summed E-state index contributed by atoms with van der Waals surface area (Å²) in [5.41, 5.74) is 2.50. The zero-order chi connectivity index (χ0) is 24.4. The lowest BCUT2D eigenvalue weighted by Crippen LogP contribution is -2.45. The minimum Gasteiger partial charge on any atom is -0.496 e. The highest BCUT2D eigenvalue weighted by Gasteiger charge is 2.37. The van der Waals surface area contributed by atoms with Gasteiger partial charge in [-0.2, -0.15) is 0 Å². The first kappa shape index (κ1) is 24.6. The van der Waals surface area contributed by atoms with Gasteiger partial charge in [-0.3, -0.25) is 0 Å². The van der Waals surface area contributed by atoms with E-state index in [1.165, 1.54) is 13.8 Å². The molecule has 2 aromatic rings. The molecular weight excluding hydrogens is 468 g/mol. The largest absolute Gasteiger partial charge is 0.496 e. The summed E-state index contributed by atoms with van der Waals surface area (Å²) in [7, 11) is -7.16. The van der Waals surface area contributed by atoms with Gasteiger partial charge in [0.15, 0.2) is 0 Å². The number of carbonyl (C=O) groups is 1. The molecule has 0 saturated carbocycles. The first-order chi connectivity index (χ1) is 15.6. The first-order valence-corrected chi connectivity index (χ1v) is 13.5. The molecule has 2 amide bonds. The van der Waals surface area contributed by atoms with Crippen LogP contribution >= 0.6 is 0 Å². The zero-order valence-electron chi connectivity index (χ0n) is 18.6. The number of rotatable bonds is 8. The van der Waals surface area contributed by atoms with Crippen LogP contribution < -0.4 is 14.8 Å². The van der Waals surface area contributed by atoms with Crippen LogP contribution in [-0.4, -0.2) is 45.2 Å². The van der Waals surface area contributed by atoms with Gasteiger partial charge < -0.3 is 14.8 Å². The monoisotopic (exact) mass is 494 g/mol. The van der Waals surface area contributed by atoms with Crippen LogP contribution in [0.15, 0.2) is 49.1 Å². The Kier molecular flexibility index (Phi) is 7.03. The second-order valence-corrected chi connectivity index (χ2v) is 11.6. The summed E-state index contributed by atoms with van der Waals surface area (Å²) in [6, 6.07) is 9.13. The number of nitrogens with one attached hydrogen (secondary N) is 1. The van der Waals surface area contributed by atoms with Gasteiger partial charge in [-0.25, -0.2) is 21.6 Å². The molecule has 1 heterocycles. The van der Waals surface area contributed by atoms with E-state index in [0.717, 1.165) is 11.1 Å². The highest BCUT2D eigenvalue weighted by atomic mass is 32.3. The van der Waals surface area contributed by atoms with Gasteiger partial charge in [-0.15, -0.1) is 10.3 Å². The first-order valence-electron chi connectivity index (χ1n) is 10.2. The Hall–Kier alpha value is -3.05. The second-order valence-electron chi connectivity index (χ2n) is 7.19. The molecule has 0 aliphatic carbocycles. The number of hydrogen-bond donors (Lipinski definition) is 1. The van der Waals surface area contributed by atoms with Crippen molar-refractivity contribution in [2.75, 3.05) is 23.9 Å². The van der Waals surface area contributed by atoms with Crippen LogP contribution in [0.1, 0.15) is 31.9 Å². The quantitative estimate of drug-likeness (QED) is 0.553. The summed E-state index contributed by atoms with van der Waals surface area (Å²) >= 11 is 0. The summed E-state index contributed by atoms with van der Waals surface area (Å²) in [6.07, 6.45) is 1.76. The predicted molar refractivity (Wildman–Crippen MR) is 126 cm³/mol. The molecule has 3 rings (SSSR count). The van der Waals surface area contributed by atoms with Crippen LogP contribution in [0.4, 0.5) is 10.5 Å². The molecule has 178 valence electrons. The van der Waals surface area contributed by atoms with E-state index in [4.69, 9.17) is 9.47 Å². The van der Waals surface area contributed by atoms with Crippen LogP contribution in [0.3, 0.4) is 0 Å². The fourth-order valence-corrected chi connectivity index (χ4v) is 6.63. The average molecular weight is 495 g/mol. The maximum absolute atomic E-state index is 12.8. The van der Waals surface area contributed by atoms with E-state index in [9.17, 15) is 21.6 Å². The molecule has 0 spiro atoms. The number of sulfonamides is 2. The third kappa shape index (κ3) is 4.69. The summed E-state index contributed by atoms with van der Waals surface area (Å²) in [5, 5.41) is 2.40. The number of nitrogens with zero attached hydrogens (tertiary/aromatic N) is 1. The van der Waals surface area contributed by atoms with Gasteiger partial charge in [0, 0.05) is 17.7 Å². The van der Waals surface area contributed by atoms with Gasteiger partial charge in [0.05, 0.1) is 24.2 Å². The smallest absolute Gasteiger partial charge is 0.349 e. The maximum atomic E-state index is 12.8. The van der Waals surface area contributed by atoms with Gasteiger partial charge in [-0.05, 0) is 43.7 Å². The van der Waals surface area contributed by atoms with E-state index in [2.05, 4.69) is 11.9 Å². The van der Waals surface area contributed by atoms with Crippen molar-refractivity contribution < 1.29 is 31.1 Å². The standard InChI is InChI=1S/C22H26N2O7S2/c1-5-9-18-17-14-15(23-22(25)24(32(26,27)6-2)33(28,29)7-3)12-13-16(17)21-19(30-4)10-8-11-20(21)31-18/h5,8,10-14,18H,1,6-7,9H2,2-4H3,(H,23,25). The number of anilines is 1. The van der Waals surface area contributed by atoms with Crippen molar-refractivity contribution in [3.05, 3.63) is 54.6 Å². The second kappa shape index (κ2) is 9.44. The van der Waals surface area contributed by atoms with Crippen molar-refractivity contribution in [3.8, 4) is 22.6 Å². The number of ether oxygens (including phenoxy) is 2. The maximum Gasteiger partial charge on any atom is 0.349 e. The van der Waals surface area contributed by atoms with Gasteiger partial charge in [0.25, 0.3) is 20.0 Å². The lowest BCUT2D eigenvalue weighted by Gasteiger charge is -2.30. The SMILES string of the molecule is C=CCC1Oc2cccc(OC)c2-c2ccc(NC(=O)N(S(=O)(=O)CC)S(=O)(=O)CC)cc21. The number of methoxy groups -OCH3 is 1. The fourth-order valence-electron chi connectivity index (χ4n) is 3.55. The number of benzene rings is 2. The summed E-state index contributed by atoms with van der Waals surface area (Å²) < 4.78 is 61.0. The molecule has 1 N–H and O–H groups in total. The van der Waals surface area contributed by atoms with E-state index in [-0.39, 0.29) is 9.40 Å². The van der Waals surface area contributed by atoms with Crippen LogP contribution in [0.2, 0.25) is 0 Å². The Bertz CT molecular complexity index is 1250. The summed E-state index contributed by atoms with van der Waals surface area (Å²) in [5.74, 6) is 0.155. The summed E-state index contributed by atoms with van der Waals surface area (Å²) in [4.78, 5) is 12.8. The number of fused-ring (bicyclic) bond motifs is 3. The normalized spacial score (nSPS) is 14.9. The molecule has 2 aromatic carbocycles. The number of carbonyl (C=O) groups excluding carboxylic acids is 1. The molecule has 0 radical (unpaired) electrons. The number of hydrogen-bond acceptors (Lipinski definition) is 7. The third-order valence-corrected chi connectivity index (χ3v) is 9.34.